The molecule has 0 saturated carbocycles. The van der Waals surface area contributed by atoms with Crippen LogP contribution in [-0.2, 0) is 4.79 Å². The average molecular weight is 223 g/mol. The zero-order valence-corrected chi connectivity index (χ0v) is 9.10. The maximum atomic E-state index is 11.8. The van der Waals surface area contributed by atoms with E-state index in [0.29, 0.717) is 0 Å². The Bertz CT molecular complexity index is 428. The second-order valence-corrected chi connectivity index (χ2v) is 3.58. The molecule has 0 aliphatic rings. The highest BCUT2D eigenvalue weighted by Gasteiger charge is 2.17. The van der Waals surface area contributed by atoms with E-state index >= 15 is 0 Å². The summed E-state index contributed by atoms with van der Waals surface area (Å²) in [6.45, 7) is 1.39. The van der Waals surface area contributed by atoms with Crippen molar-refractivity contribution in [1.29, 1.82) is 0 Å². The van der Waals surface area contributed by atoms with Crippen LogP contribution in [0.3, 0.4) is 0 Å². The molecule has 0 aromatic heterocycles. The zero-order chi connectivity index (χ0) is 12.3. The van der Waals surface area contributed by atoms with Crippen molar-refractivity contribution in [3.05, 3.63) is 29.3 Å². The number of benzene rings is 1. The lowest BCUT2D eigenvalue weighted by Gasteiger charge is -2.15. The van der Waals surface area contributed by atoms with E-state index in [1.165, 1.54) is 19.2 Å². The largest absolute Gasteiger partial charge is 0.507 e. The molecule has 0 aliphatic heterocycles. The van der Waals surface area contributed by atoms with Gasteiger partial charge in [0, 0.05) is 7.05 Å². The van der Waals surface area contributed by atoms with Crippen LogP contribution in [0, 0.1) is 6.92 Å². The van der Waals surface area contributed by atoms with Crippen LogP contribution in [0.4, 0.5) is 0 Å². The maximum absolute atomic E-state index is 11.8. The third-order valence-corrected chi connectivity index (χ3v) is 2.10. The molecule has 16 heavy (non-hydrogen) atoms. The lowest BCUT2D eigenvalue weighted by molar-refractivity contribution is -0.137. The van der Waals surface area contributed by atoms with Crippen LogP contribution < -0.4 is 0 Å². The number of aliphatic carboxylic acids is 1. The molecule has 0 fully saturated rings. The van der Waals surface area contributed by atoms with Crippen LogP contribution in [0.25, 0.3) is 0 Å². The van der Waals surface area contributed by atoms with Gasteiger partial charge in [-0.25, -0.2) is 0 Å². The number of phenols is 1. The van der Waals surface area contributed by atoms with Crippen molar-refractivity contribution in [3.63, 3.8) is 0 Å². The number of rotatable bonds is 3. The van der Waals surface area contributed by atoms with E-state index in [4.69, 9.17) is 5.11 Å². The molecule has 1 aromatic carbocycles. The molecule has 0 aliphatic carbocycles. The minimum atomic E-state index is -1.09. The van der Waals surface area contributed by atoms with E-state index in [0.717, 1.165) is 10.5 Å². The molecule has 0 unspecified atom stereocenters. The number of likely N-dealkylation sites (N-methyl/N-ethyl adjacent to an activating group) is 1. The predicted molar refractivity (Wildman–Crippen MR) is 57.4 cm³/mol. The fourth-order valence-electron chi connectivity index (χ4n) is 1.30. The molecule has 1 amide bonds. The highest BCUT2D eigenvalue weighted by molar-refractivity contribution is 5.98. The second-order valence-electron chi connectivity index (χ2n) is 3.58. The smallest absolute Gasteiger partial charge is 0.323 e. The van der Waals surface area contributed by atoms with Gasteiger partial charge < -0.3 is 15.1 Å². The quantitative estimate of drug-likeness (QED) is 0.796. The summed E-state index contributed by atoms with van der Waals surface area (Å²) in [6, 6.07) is 4.61. The number of carboxylic acids is 1. The Balaban J connectivity index is 2.95. The van der Waals surface area contributed by atoms with Crippen LogP contribution in [0.15, 0.2) is 18.2 Å². The van der Waals surface area contributed by atoms with E-state index < -0.39 is 18.4 Å². The van der Waals surface area contributed by atoms with Crippen LogP contribution in [0.2, 0.25) is 0 Å². The fourth-order valence-corrected chi connectivity index (χ4v) is 1.30. The van der Waals surface area contributed by atoms with Crippen molar-refractivity contribution >= 4 is 11.9 Å². The van der Waals surface area contributed by atoms with Crippen molar-refractivity contribution in [2.75, 3.05) is 13.6 Å². The van der Waals surface area contributed by atoms with Gasteiger partial charge in [0.25, 0.3) is 5.91 Å². The van der Waals surface area contributed by atoms with Crippen LogP contribution in [0.5, 0.6) is 5.75 Å². The van der Waals surface area contributed by atoms with Gasteiger partial charge in [0.1, 0.15) is 12.3 Å². The van der Waals surface area contributed by atoms with Crippen LogP contribution in [-0.4, -0.2) is 40.6 Å². The fraction of sp³-hybridized carbons (Fsp3) is 0.273. The van der Waals surface area contributed by atoms with Gasteiger partial charge in [0.15, 0.2) is 0 Å². The van der Waals surface area contributed by atoms with E-state index in [1.807, 2.05) is 0 Å². The molecule has 86 valence electrons. The molecular formula is C11H13NO4. The normalized spacial score (nSPS) is 9.88. The predicted octanol–water partition coefficient (Wildman–Crippen LogP) is 0.857. The number of carbonyl (C=O) groups excluding carboxylic acids is 1. The minimum absolute atomic E-state index is 0.115. The molecular weight excluding hydrogens is 210 g/mol. The van der Waals surface area contributed by atoms with Gasteiger partial charge in [-0.1, -0.05) is 11.6 Å². The first kappa shape index (κ1) is 12.0. The Labute approximate surface area is 92.9 Å². The van der Waals surface area contributed by atoms with Gasteiger partial charge in [-0.15, -0.1) is 0 Å². The first-order valence-corrected chi connectivity index (χ1v) is 4.68. The Kier molecular flexibility index (Phi) is 3.50. The molecule has 0 heterocycles. The van der Waals surface area contributed by atoms with Gasteiger partial charge in [-0.2, -0.15) is 0 Å². The van der Waals surface area contributed by atoms with Crippen molar-refractivity contribution < 1.29 is 19.8 Å². The lowest BCUT2D eigenvalue weighted by atomic mass is 10.1. The zero-order valence-electron chi connectivity index (χ0n) is 9.10. The van der Waals surface area contributed by atoms with Gasteiger partial charge in [-0.3, -0.25) is 9.59 Å². The number of carboxylic acid groups (broad SMARTS) is 1. The number of hydrogen-bond donors (Lipinski definition) is 2. The van der Waals surface area contributed by atoms with Gasteiger partial charge >= 0.3 is 5.97 Å². The lowest BCUT2D eigenvalue weighted by Crippen LogP contribution is -2.32. The third kappa shape index (κ3) is 2.73. The molecule has 0 radical (unpaired) electrons. The Hall–Kier alpha value is -2.04. The van der Waals surface area contributed by atoms with E-state index in [9.17, 15) is 14.7 Å². The summed E-state index contributed by atoms with van der Waals surface area (Å²) in [5, 5.41) is 18.0. The Morgan fingerprint density at radius 1 is 1.38 bits per heavy atom. The highest BCUT2D eigenvalue weighted by Crippen LogP contribution is 2.19. The number of phenolic OH excluding ortho intramolecular Hbond substituents is 1. The standard InChI is InChI=1S/C11H13NO4/c1-7-3-4-9(13)8(5-7)11(16)12(2)6-10(14)15/h3-5,13H,6H2,1-2H3,(H,14,15). The first-order chi connectivity index (χ1) is 7.41. The number of hydrogen-bond acceptors (Lipinski definition) is 3. The molecule has 5 heteroatoms. The monoisotopic (exact) mass is 223 g/mol. The highest BCUT2D eigenvalue weighted by atomic mass is 16.4. The van der Waals surface area contributed by atoms with E-state index in [1.54, 1.807) is 13.0 Å². The molecule has 1 rings (SSSR count). The molecule has 0 atom stereocenters. The van der Waals surface area contributed by atoms with Gasteiger partial charge in [-0.05, 0) is 19.1 Å². The SMILES string of the molecule is Cc1ccc(O)c(C(=O)N(C)CC(=O)O)c1. The van der Waals surface area contributed by atoms with Crippen LogP contribution in [0.1, 0.15) is 15.9 Å². The molecule has 0 spiro atoms. The van der Waals surface area contributed by atoms with Crippen molar-refractivity contribution in [2.24, 2.45) is 0 Å². The maximum Gasteiger partial charge on any atom is 0.323 e. The molecule has 5 nitrogen and oxygen atoms in total. The summed E-state index contributed by atoms with van der Waals surface area (Å²) in [5.41, 5.74) is 0.939. The summed E-state index contributed by atoms with van der Waals surface area (Å²) in [5.74, 6) is -1.75. The number of aromatic hydroxyl groups is 1. The number of nitrogens with zero attached hydrogens (tertiary/aromatic N) is 1. The summed E-state index contributed by atoms with van der Waals surface area (Å²) in [6.07, 6.45) is 0. The Morgan fingerprint density at radius 2 is 2.00 bits per heavy atom. The van der Waals surface area contributed by atoms with E-state index in [-0.39, 0.29) is 11.3 Å². The van der Waals surface area contributed by atoms with E-state index in [2.05, 4.69) is 0 Å². The molecule has 0 saturated heterocycles. The van der Waals surface area contributed by atoms with Crippen molar-refractivity contribution in [2.45, 2.75) is 6.92 Å². The number of carbonyl (C=O) groups is 2. The summed E-state index contributed by atoms with van der Waals surface area (Å²) in [4.78, 5) is 23.2. The summed E-state index contributed by atoms with van der Waals surface area (Å²) in [7, 11) is 1.37. The molecule has 0 bridgehead atoms. The average Bonchev–Trinajstić information content (AvgIpc) is 2.19. The third-order valence-electron chi connectivity index (χ3n) is 2.10. The molecule has 1 aromatic rings. The van der Waals surface area contributed by atoms with Crippen molar-refractivity contribution in [1.82, 2.24) is 4.90 Å². The summed E-state index contributed by atoms with van der Waals surface area (Å²) >= 11 is 0. The van der Waals surface area contributed by atoms with Crippen molar-refractivity contribution in [3.8, 4) is 5.75 Å². The summed E-state index contributed by atoms with van der Waals surface area (Å²) < 4.78 is 0. The number of amides is 1. The van der Waals surface area contributed by atoms with Crippen LogP contribution >= 0.6 is 0 Å². The van der Waals surface area contributed by atoms with Gasteiger partial charge in [0.2, 0.25) is 0 Å². The van der Waals surface area contributed by atoms with Gasteiger partial charge in [0.05, 0.1) is 5.56 Å². The minimum Gasteiger partial charge on any atom is -0.507 e. The topological polar surface area (TPSA) is 77.8 Å². The second kappa shape index (κ2) is 4.65. The Morgan fingerprint density at radius 3 is 2.56 bits per heavy atom. The molecule has 2 N–H and O–H groups in total. The first-order valence-electron chi connectivity index (χ1n) is 4.68. The number of aryl methyl sites for hydroxylation is 1.